The summed E-state index contributed by atoms with van der Waals surface area (Å²) in [6.07, 6.45) is 4.41. The van der Waals surface area contributed by atoms with Crippen molar-refractivity contribution >= 4 is 22.9 Å². The lowest BCUT2D eigenvalue weighted by Gasteiger charge is -2.31. The summed E-state index contributed by atoms with van der Waals surface area (Å²) >= 11 is 0. The van der Waals surface area contributed by atoms with E-state index in [0.29, 0.717) is 29.6 Å². The van der Waals surface area contributed by atoms with Gasteiger partial charge < -0.3 is 15.0 Å². The molecule has 0 saturated carbocycles. The molecule has 0 bridgehead atoms. The van der Waals surface area contributed by atoms with E-state index in [4.69, 9.17) is 4.74 Å². The predicted molar refractivity (Wildman–Crippen MR) is 81.3 cm³/mol. The van der Waals surface area contributed by atoms with E-state index in [1.165, 1.54) is 13.4 Å². The second-order valence-corrected chi connectivity index (χ2v) is 5.16. The van der Waals surface area contributed by atoms with Crippen LogP contribution in [0, 0.1) is 0 Å². The lowest BCUT2D eigenvalue weighted by molar-refractivity contribution is -0.142. The second kappa shape index (κ2) is 6.55. The zero-order valence-corrected chi connectivity index (χ0v) is 13.0. The van der Waals surface area contributed by atoms with Gasteiger partial charge in [-0.1, -0.05) is 13.8 Å². The zero-order valence-electron chi connectivity index (χ0n) is 13.0. The first-order chi connectivity index (χ1) is 10.5. The molecule has 0 fully saturated rings. The molecule has 118 valence electrons. The minimum atomic E-state index is -0.641. The Balaban J connectivity index is 2.28. The van der Waals surface area contributed by atoms with Crippen LogP contribution in [0.15, 0.2) is 18.6 Å². The lowest BCUT2D eigenvalue weighted by Crippen LogP contribution is -2.49. The highest BCUT2D eigenvalue weighted by atomic mass is 16.5. The van der Waals surface area contributed by atoms with E-state index in [1.54, 1.807) is 12.3 Å². The first-order valence-electron chi connectivity index (χ1n) is 7.22. The molecule has 22 heavy (non-hydrogen) atoms. The molecule has 0 saturated heterocycles. The molecule has 0 aliphatic carbocycles. The second-order valence-electron chi connectivity index (χ2n) is 5.16. The van der Waals surface area contributed by atoms with Gasteiger partial charge in [0.05, 0.1) is 24.5 Å². The van der Waals surface area contributed by atoms with E-state index < -0.39 is 5.54 Å². The number of rotatable bonds is 6. The van der Waals surface area contributed by atoms with Gasteiger partial charge >= 0.3 is 5.97 Å². The summed E-state index contributed by atoms with van der Waals surface area (Å²) in [7, 11) is 1.34. The molecule has 0 atom stereocenters. The van der Waals surface area contributed by atoms with E-state index in [-0.39, 0.29) is 18.3 Å². The fourth-order valence-corrected chi connectivity index (χ4v) is 2.42. The molecule has 0 spiro atoms. The van der Waals surface area contributed by atoms with Gasteiger partial charge in [-0.2, -0.15) is 0 Å². The standard InChI is InChI=1S/C15H20N4O3/c1-4-15(5-2,8-11(20)22-3)19-14(21)12-10-6-7-16-13(10)18-9-17-12/h6-7,9H,4-5,8H2,1-3H3,(H,19,21)(H,16,17,18). The summed E-state index contributed by atoms with van der Waals surface area (Å²) in [5.74, 6) is -0.668. The molecule has 0 aliphatic rings. The highest BCUT2D eigenvalue weighted by Gasteiger charge is 2.32. The summed E-state index contributed by atoms with van der Waals surface area (Å²) in [5.41, 5.74) is 0.256. The van der Waals surface area contributed by atoms with E-state index in [1.807, 2.05) is 13.8 Å². The number of fused-ring (bicyclic) bond motifs is 1. The molecule has 2 heterocycles. The lowest BCUT2D eigenvalue weighted by atomic mass is 9.88. The minimum Gasteiger partial charge on any atom is -0.469 e. The summed E-state index contributed by atoms with van der Waals surface area (Å²) in [5, 5.41) is 3.60. The number of H-pyrrole nitrogens is 1. The van der Waals surface area contributed by atoms with Crippen LogP contribution in [0.3, 0.4) is 0 Å². The molecule has 0 aliphatic heterocycles. The van der Waals surface area contributed by atoms with Crippen molar-refractivity contribution in [2.75, 3.05) is 7.11 Å². The highest BCUT2D eigenvalue weighted by Crippen LogP contribution is 2.22. The van der Waals surface area contributed by atoms with E-state index >= 15 is 0 Å². The number of aromatic nitrogens is 3. The van der Waals surface area contributed by atoms with Crippen LogP contribution in [0.25, 0.3) is 11.0 Å². The Labute approximate surface area is 128 Å². The van der Waals surface area contributed by atoms with Gasteiger partial charge in [-0.3, -0.25) is 9.59 Å². The van der Waals surface area contributed by atoms with Crippen LogP contribution >= 0.6 is 0 Å². The van der Waals surface area contributed by atoms with Gasteiger partial charge in [-0.15, -0.1) is 0 Å². The third kappa shape index (κ3) is 3.08. The van der Waals surface area contributed by atoms with E-state index in [0.717, 1.165) is 0 Å². The van der Waals surface area contributed by atoms with E-state index in [2.05, 4.69) is 20.3 Å². The number of hydrogen-bond acceptors (Lipinski definition) is 5. The Bertz CT molecular complexity index is 676. The first-order valence-corrected chi connectivity index (χ1v) is 7.22. The molecular weight excluding hydrogens is 284 g/mol. The Kier molecular flexibility index (Phi) is 4.75. The molecule has 0 radical (unpaired) electrons. The summed E-state index contributed by atoms with van der Waals surface area (Å²) in [6, 6.07) is 1.75. The quantitative estimate of drug-likeness (QED) is 0.793. The van der Waals surface area contributed by atoms with Crippen molar-refractivity contribution in [3.05, 3.63) is 24.3 Å². The molecule has 2 aromatic heterocycles. The smallest absolute Gasteiger partial charge is 0.307 e. The van der Waals surface area contributed by atoms with Gasteiger partial charge in [0, 0.05) is 6.20 Å². The average Bonchev–Trinajstić information content (AvgIpc) is 3.02. The summed E-state index contributed by atoms with van der Waals surface area (Å²) < 4.78 is 4.73. The van der Waals surface area contributed by atoms with Crippen LogP contribution in [0.2, 0.25) is 0 Å². The van der Waals surface area contributed by atoms with Gasteiger partial charge in [0.15, 0.2) is 0 Å². The number of amides is 1. The number of nitrogens with zero attached hydrogens (tertiary/aromatic N) is 2. The number of carbonyl (C=O) groups is 2. The van der Waals surface area contributed by atoms with Crippen LogP contribution in [0.4, 0.5) is 0 Å². The number of esters is 1. The molecule has 1 amide bonds. The topological polar surface area (TPSA) is 97.0 Å². The van der Waals surface area contributed by atoms with Crippen molar-refractivity contribution < 1.29 is 14.3 Å². The Morgan fingerprint density at radius 2 is 2.05 bits per heavy atom. The van der Waals surface area contributed by atoms with Crippen molar-refractivity contribution in [1.29, 1.82) is 0 Å². The van der Waals surface area contributed by atoms with Crippen LogP contribution in [-0.2, 0) is 9.53 Å². The fourth-order valence-electron chi connectivity index (χ4n) is 2.42. The molecular formula is C15H20N4O3. The molecule has 7 heteroatoms. The van der Waals surface area contributed by atoms with Crippen LogP contribution < -0.4 is 5.32 Å². The first kappa shape index (κ1) is 15.9. The Morgan fingerprint density at radius 1 is 1.32 bits per heavy atom. The van der Waals surface area contributed by atoms with Gasteiger partial charge in [-0.05, 0) is 18.9 Å². The van der Waals surface area contributed by atoms with Crippen LogP contribution in [0.1, 0.15) is 43.6 Å². The molecule has 7 nitrogen and oxygen atoms in total. The highest BCUT2D eigenvalue weighted by molar-refractivity contribution is 6.04. The maximum Gasteiger partial charge on any atom is 0.307 e. The monoisotopic (exact) mass is 304 g/mol. The Morgan fingerprint density at radius 3 is 2.68 bits per heavy atom. The number of carbonyl (C=O) groups excluding carboxylic acids is 2. The normalized spacial score (nSPS) is 11.4. The average molecular weight is 304 g/mol. The third-order valence-electron chi connectivity index (χ3n) is 4.01. The van der Waals surface area contributed by atoms with Crippen LogP contribution in [-0.4, -0.2) is 39.5 Å². The SMILES string of the molecule is CCC(CC)(CC(=O)OC)NC(=O)c1ncnc2[nH]ccc12. The van der Waals surface area contributed by atoms with Gasteiger partial charge in [0.2, 0.25) is 0 Å². The van der Waals surface area contributed by atoms with Gasteiger partial charge in [0.25, 0.3) is 5.91 Å². The van der Waals surface area contributed by atoms with Crippen molar-refractivity contribution in [2.45, 2.75) is 38.6 Å². The maximum absolute atomic E-state index is 12.6. The van der Waals surface area contributed by atoms with Gasteiger partial charge in [-0.25, -0.2) is 9.97 Å². The number of nitrogens with one attached hydrogen (secondary N) is 2. The van der Waals surface area contributed by atoms with Crippen LogP contribution in [0.5, 0.6) is 0 Å². The van der Waals surface area contributed by atoms with Crippen molar-refractivity contribution in [2.24, 2.45) is 0 Å². The van der Waals surface area contributed by atoms with Crippen molar-refractivity contribution in [3.8, 4) is 0 Å². The number of methoxy groups -OCH3 is 1. The minimum absolute atomic E-state index is 0.129. The summed E-state index contributed by atoms with van der Waals surface area (Å²) in [6.45, 7) is 3.86. The molecule has 2 rings (SSSR count). The molecule has 0 unspecified atom stereocenters. The van der Waals surface area contributed by atoms with Crippen molar-refractivity contribution in [3.63, 3.8) is 0 Å². The van der Waals surface area contributed by atoms with Gasteiger partial charge in [0.1, 0.15) is 17.7 Å². The number of ether oxygens (including phenoxy) is 1. The number of hydrogen-bond donors (Lipinski definition) is 2. The summed E-state index contributed by atoms with van der Waals surface area (Å²) in [4.78, 5) is 35.3. The largest absolute Gasteiger partial charge is 0.469 e. The molecule has 0 aromatic carbocycles. The molecule has 2 aromatic rings. The third-order valence-corrected chi connectivity index (χ3v) is 4.01. The fraction of sp³-hybridized carbons (Fsp3) is 0.467. The van der Waals surface area contributed by atoms with E-state index in [9.17, 15) is 9.59 Å². The Hall–Kier alpha value is -2.44. The predicted octanol–water partition coefficient (Wildman–Crippen LogP) is 1.81. The van der Waals surface area contributed by atoms with Crippen molar-refractivity contribution in [1.82, 2.24) is 20.3 Å². The number of aromatic amines is 1. The zero-order chi connectivity index (χ0) is 16.2. The molecule has 2 N–H and O–H groups in total. The maximum atomic E-state index is 12.6.